The van der Waals surface area contributed by atoms with Crippen molar-refractivity contribution in [2.75, 3.05) is 0 Å². The van der Waals surface area contributed by atoms with Crippen molar-refractivity contribution in [2.45, 2.75) is 0 Å². The van der Waals surface area contributed by atoms with Gasteiger partial charge in [0.2, 0.25) is 0 Å². The SMILES string of the molecule is O=C(O)c1cc(F)cc(-c2ccc(F)c(O)c2)c1. The highest BCUT2D eigenvalue weighted by Gasteiger charge is 2.10. The van der Waals surface area contributed by atoms with Crippen LogP contribution in [-0.4, -0.2) is 16.2 Å². The quantitative estimate of drug-likeness (QED) is 0.861. The van der Waals surface area contributed by atoms with Gasteiger partial charge < -0.3 is 10.2 Å². The molecule has 0 radical (unpaired) electrons. The van der Waals surface area contributed by atoms with Gasteiger partial charge in [-0.3, -0.25) is 0 Å². The molecule has 0 fully saturated rings. The Kier molecular flexibility index (Phi) is 2.97. The standard InChI is InChI=1S/C13H8F2O3/c14-10-4-8(3-9(5-10)13(17)18)7-1-2-11(15)12(16)6-7/h1-6,16H,(H,17,18). The lowest BCUT2D eigenvalue weighted by atomic mass is 10.0. The first-order valence-electron chi connectivity index (χ1n) is 5.00. The van der Waals surface area contributed by atoms with Crippen LogP contribution in [0, 0.1) is 11.6 Å². The average molecular weight is 250 g/mol. The fourth-order valence-corrected chi connectivity index (χ4v) is 1.57. The molecule has 2 aromatic carbocycles. The minimum Gasteiger partial charge on any atom is -0.505 e. The van der Waals surface area contributed by atoms with Gasteiger partial charge in [0.05, 0.1) is 5.56 Å². The summed E-state index contributed by atoms with van der Waals surface area (Å²) in [6, 6.07) is 6.70. The summed E-state index contributed by atoms with van der Waals surface area (Å²) in [6.07, 6.45) is 0. The molecule has 0 amide bonds. The molecule has 0 aliphatic carbocycles. The number of hydrogen-bond acceptors (Lipinski definition) is 2. The average Bonchev–Trinajstić information content (AvgIpc) is 2.31. The lowest BCUT2D eigenvalue weighted by molar-refractivity contribution is 0.0696. The van der Waals surface area contributed by atoms with E-state index in [1.165, 1.54) is 12.1 Å². The number of benzene rings is 2. The molecule has 0 unspecified atom stereocenters. The smallest absolute Gasteiger partial charge is 0.335 e. The van der Waals surface area contributed by atoms with Crippen molar-refractivity contribution in [1.29, 1.82) is 0 Å². The number of carboxylic acid groups (broad SMARTS) is 1. The molecule has 2 N–H and O–H groups in total. The highest BCUT2D eigenvalue weighted by molar-refractivity contribution is 5.89. The third-order valence-electron chi connectivity index (χ3n) is 2.42. The first kappa shape index (κ1) is 12.0. The summed E-state index contributed by atoms with van der Waals surface area (Å²) in [4.78, 5) is 10.8. The third kappa shape index (κ3) is 2.29. The summed E-state index contributed by atoms with van der Waals surface area (Å²) in [6.45, 7) is 0. The van der Waals surface area contributed by atoms with Gasteiger partial charge in [-0.2, -0.15) is 0 Å². The Morgan fingerprint density at radius 2 is 1.72 bits per heavy atom. The molecule has 2 aromatic rings. The van der Waals surface area contributed by atoms with Crippen molar-refractivity contribution >= 4 is 5.97 Å². The second kappa shape index (κ2) is 4.44. The monoisotopic (exact) mass is 250 g/mol. The molecular weight excluding hydrogens is 242 g/mol. The van der Waals surface area contributed by atoms with Gasteiger partial charge in [-0.25, -0.2) is 13.6 Å². The van der Waals surface area contributed by atoms with Crippen molar-refractivity contribution in [3.8, 4) is 16.9 Å². The topological polar surface area (TPSA) is 57.5 Å². The van der Waals surface area contributed by atoms with E-state index in [4.69, 9.17) is 5.11 Å². The molecule has 0 atom stereocenters. The van der Waals surface area contributed by atoms with Crippen LogP contribution in [0.5, 0.6) is 5.75 Å². The van der Waals surface area contributed by atoms with E-state index in [0.717, 1.165) is 24.3 Å². The van der Waals surface area contributed by atoms with Crippen LogP contribution in [0.1, 0.15) is 10.4 Å². The number of halogens is 2. The summed E-state index contributed by atoms with van der Waals surface area (Å²) in [5, 5.41) is 18.0. The summed E-state index contributed by atoms with van der Waals surface area (Å²) >= 11 is 0. The minimum atomic E-state index is -1.26. The molecule has 5 heteroatoms. The van der Waals surface area contributed by atoms with E-state index in [-0.39, 0.29) is 11.1 Å². The summed E-state index contributed by atoms with van der Waals surface area (Å²) in [5.41, 5.74) is 0.368. The third-order valence-corrected chi connectivity index (χ3v) is 2.42. The maximum Gasteiger partial charge on any atom is 0.335 e. The zero-order valence-electron chi connectivity index (χ0n) is 9.02. The number of hydrogen-bond donors (Lipinski definition) is 2. The Balaban J connectivity index is 2.56. The fourth-order valence-electron chi connectivity index (χ4n) is 1.57. The van der Waals surface area contributed by atoms with Crippen molar-refractivity contribution in [3.05, 3.63) is 53.6 Å². The highest BCUT2D eigenvalue weighted by Crippen LogP contribution is 2.27. The Labute approximate surface area is 101 Å². The van der Waals surface area contributed by atoms with Crippen LogP contribution in [0.3, 0.4) is 0 Å². The molecule has 0 heterocycles. The van der Waals surface area contributed by atoms with Crippen molar-refractivity contribution in [1.82, 2.24) is 0 Å². The predicted octanol–water partition coefficient (Wildman–Crippen LogP) is 3.04. The van der Waals surface area contributed by atoms with E-state index in [9.17, 15) is 18.7 Å². The van der Waals surface area contributed by atoms with Gasteiger partial charge in [0.25, 0.3) is 0 Å². The van der Waals surface area contributed by atoms with E-state index in [0.29, 0.717) is 5.56 Å². The highest BCUT2D eigenvalue weighted by atomic mass is 19.1. The Morgan fingerprint density at radius 3 is 2.33 bits per heavy atom. The lowest BCUT2D eigenvalue weighted by Gasteiger charge is -2.05. The number of carboxylic acids is 1. The number of aromatic carboxylic acids is 1. The van der Waals surface area contributed by atoms with Crippen LogP contribution in [0.4, 0.5) is 8.78 Å². The van der Waals surface area contributed by atoms with Crippen LogP contribution in [0.15, 0.2) is 36.4 Å². The van der Waals surface area contributed by atoms with Gasteiger partial charge in [0.1, 0.15) is 5.82 Å². The first-order valence-corrected chi connectivity index (χ1v) is 5.00. The molecule has 0 saturated carbocycles. The van der Waals surface area contributed by atoms with Crippen LogP contribution < -0.4 is 0 Å². The molecule has 0 aliphatic rings. The number of rotatable bonds is 2. The maximum atomic E-state index is 13.3. The summed E-state index contributed by atoms with van der Waals surface area (Å²) < 4.78 is 26.1. The van der Waals surface area contributed by atoms with Gasteiger partial charge in [0.15, 0.2) is 11.6 Å². The molecule has 18 heavy (non-hydrogen) atoms. The maximum absolute atomic E-state index is 13.3. The van der Waals surface area contributed by atoms with Crippen LogP contribution in [0.25, 0.3) is 11.1 Å². The molecule has 0 bridgehead atoms. The Hall–Kier alpha value is -2.43. The Bertz CT molecular complexity index is 624. The molecule has 0 aliphatic heterocycles. The van der Waals surface area contributed by atoms with Gasteiger partial charge in [0, 0.05) is 0 Å². The van der Waals surface area contributed by atoms with E-state index >= 15 is 0 Å². The molecule has 3 nitrogen and oxygen atoms in total. The first-order chi connectivity index (χ1) is 8.47. The Morgan fingerprint density at radius 1 is 1.00 bits per heavy atom. The zero-order chi connectivity index (χ0) is 13.3. The van der Waals surface area contributed by atoms with E-state index in [2.05, 4.69) is 0 Å². The molecule has 0 spiro atoms. The lowest BCUT2D eigenvalue weighted by Crippen LogP contribution is -1.97. The number of aromatic hydroxyl groups is 1. The van der Waals surface area contributed by atoms with Crippen molar-refractivity contribution in [3.63, 3.8) is 0 Å². The number of phenols is 1. The fraction of sp³-hybridized carbons (Fsp3) is 0. The van der Waals surface area contributed by atoms with Gasteiger partial charge in [-0.05, 0) is 41.5 Å². The van der Waals surface area contributed by atoms with Crippen LogP contribution in [0.2, 0.25) is 0 Å². The van der Waals surface area contributed by atoms with Crippen LogP contribution >= 0.6 is 0 Å². The molecule has 0 saturated heterocycles. The van der Waals surface area contributed by atoms with Gasteiger partial charge >= 0.3 is 5.97 Å². The normalized spacial score (nSPS) is 10.3. The van der Waals surface area contributed by atoms with Crippen molar-refractivity contribution in [2.24, 2.45) is 0 Å². The predicted molar refractivity (Wildman–Crippen MR) is 60.4 cm³/mol. The second-order valence-corrected chi connectivity index (χ2v) is 3.70. The molecule has 92 valence electrons. The molecule has 2 rings (SSSR count). The largest absolute Gasteiger partial charge is 0.505 e. The second-order valence-electron chi connectivity index (χ2n) is 3.70. The number of phenolic OH excluding ortho intramolecular Hbond substituents is 1. The van der Waals surface area contributed by atoms with Gasteiger partial charge in [-0.15, -0.1) is 0 Å². The van der Waals surface area contributed by atoms with E-state index in [1.54, 1.807) is 0 Å². The molecular formula is C13H8F2O3. The van der Waals surface area contributed by atoms with E-state index < -0.39 is 23.4 Å². The van der Waals surface area contributed by atoms with Crippen molar-refractivity contribution < 1.29 is 23.8 Å². The minimum absolute atomic E-state index is 0.214. The van der Waals surface area contributed by atoms with Crippen LogP contribution in [-0.2, 0) is 0 Å². The summed E-state index contributed by atoms with van der Waals surface area (Å²) in [5.74, 6) is -3.35. The summed E-state index contributed by atoms with van der Waals surface area (Å²) in [7, 11) is 0. The molecule has 0 aromatic heterocycles. The zero-order valence-corrected chi connectivity index (χ0v) is 9.02. The number of carbonyl (C=O) groups is 1. The van der Waals surface area contributed by atoms with Gasteiger partial charge in [-0.1, -0.05) is 6.07 Å². The van der Waals surface area contributed by atoms with E-state index in [1.807, 2.05) is 0 Å².